The molecule has 0 spiro atoms. The van der Waals surface area contributed by atoms with Gasteiger partial charge in [-0.1, -0.05) is 42.7 Å². The van der Waals surface area contributed by atoms with Crippen LogP contribution in [0.4, 0.5) is 8.78 Å². The van der Waals surface area contributed by atoms with Crippen molar-refractivity contribution in [2.75, 3.05) is 14.2 Å². The van der Waals surface area contributed by atoms with Crippen molar-refractivity contribution in [1.29, 1.82) is 0 Å². The maximum atomic E-state index is 13.7. The minimum atomic E-state index is -3.03. The Kier molecular flexibility index (Phi) is 8.19. The first kappa shape index (κ1) is 30.6. The molecule has 1 fully saturated rings. The van der Waals surface area contributed by atoms with Gasteiger partial charge in [0.1, 0.15) is 33.8 Å². The van der Waals surface area contributed by atoms with Gasteiger partial charge in [-0.3, -0.25) is 4.79 Å². The molecule has 0 atom stereocenters. The highest BCUT2D eigenvalue weighted by molar-refractivity contribution is 7.22. The average Bonchev–Trinajstić information content (AvgIpc) is 3.86. The SMILES string of the molecule is COc1cc(OCc2csc(-c3ccc(C(=O)N(C)C4CCCCC4)cc3)n2)c2sc(-c3cn4nc(C(C)(F)F)sc4n3)nc2c1. The molecule has 0 N–H and O–H groups in total. The molecule has 0 bridgehead atoms. The van der Waals surface area contributed by atoms with Gasteiger partial charge in [0.05, 0.1) is 29.2 Å². The Labute approximate surface area is 275 Å². The topological polar surface area (TPSA) is 94.7 Å². The Morgan fingerprint density at radius 2 is 1.85 bits per heavy atom. The fourth-order valence-electron chi connectivity index (χ4n) is 5.54. The number of methoxy groups -OCH3 is 1. The predicted molar refractivity (Wildman–Crippen MR) is 176 cm³/mol. The molecule has 7 rings (SSSR count). The summed E-state index contributed by atoms with van der Waals surface area (Å²) in [5.41, 5.74) is 3.59. The van der Waals surface area contributed by atoms with Gasteiger partial charge in [-0.2, -0.15) is 13.9 Å². The molecule has 6 aromatic rings. The minimum Gasteiger partial charge on any atom is -0.497 e. The molecule has 14 heteroatoms. The van der Waals surface area contributed by atoms with Crippen molar-refractivity contribution in [3.63, 3.8) is 0 Å². The standard InChI is InChI=1S/C32H30F2N6O3S3/c1-32(33,34)30-38-40-15-24(37-31(40)46-30)28-36-23-13-22(42-3)14-25(26(23)45-28)43-16-20-17-44-27(35-20)18-9-11-19(12-10-18)29(41)39(2)21-7-5-4-6-8-21/h9-15,17,21H,4-8,16H2,1-3H3. The van der Waals surface area contributed by atoms with Crippen molar-refractivity contribution in [3.8, 4) is 32.8 Å². The summed E-state index contributed by atoms with van der Waals surface area (Å²) in [5, 5.41) is 7.10. The van der Waals surface area contributed by atoms with E-state index in [4.69, 9.17) is 19.4 Å². The zero-order chi connectivity index (χ0) is 32.0. The van der Waals surface area contributed by atoms with Crippen molar-refractivity contribution in [3.05, 3.63) is 64.2 Å². The minimum absolute atomic E-state index is 0.0576. The molecule has 2 aromatic carbocycles. The van der Waals surface area contributed by atoms with Crippen LogP contribution >= 0.6 is 34.0 Å². The van der Waals surface area contributed by atoms with Crippen molar-refractivity contribution in [2.24, 2.45) is 0 Å². The van der Waals surface area contributed by atoms with Crippen LogP contribution in [0.3, 0.4) is 0 Å². The number of aromatic nitrogens is 5. The molecule has 9 nitrogen and oxygen atoms in total. The van der Waals surface area contributed by atoms with Gasteiger partial charge in [0.15, 0.2) is 5.01 Å². The number of amides is 1. The molecule has 1 amide bonds. The fourth-order valence-corrected chi connectivity index (χ4v) is 8.13. The Balaban J connectivity index is 1.06. The van der Waals surface area contributed by atoms with Gasteiger partial charge >= 0.3 is 0 Å². The number of hydrogen-bond donors (Lipinski definition) is 0. The number of nitrogens with zero attached hydrogens (tertiary/aromatic N) is 6. The quantitative estimate of drug-likeness (QED) is 0.152. The van der Waals surface area contributed by atoms with E-state index in [9.17, 15) is 13.6 Å². The summed E-state index contributed by atoms with van der Waals surface area (Å²) in [6.07, 6.45) is 7.36. The van der Waals surface area contributed by atoms with E-state index in [0.717, 1.165) is 52.1 Å². The van der Waals surface area contributed by atoms with Crippen LogP contribution in [-0.2, 0) is 12.5 Å². The molecule has 4 aromatic heterocycles. The molecule has 0 unspecified atom stereocenters. The summed E-state index contributed by atoms with van der Waals surface area (Å²) >= 11 is 3.75. The highest BCUT2D eigenvalue weighted by Crippen LogP contribution is 2.40. The second-order valence-corrected chi connectivity index (χ2v) is 14.2. The largest absolute Gasteiger partial charge is 0.497 e. The van der Waals surface area contributed by atoms with Gasteiger partial charge in [-0.25, -0.2) is 19.5 Å². The number of fused-ring (bicyclic) bond motifs is 2. The van der Waals surface area contributed by atoms with Gasteiger partial charge in [-0.05, 0) is 25.0 Å². The number of hydrogen-bond acceptors (Lipinski definition) is 10. The number of carbonyl (C=O) groups excluding carboxylic acids is 1. The molecular formula is C32H30F2N6O3S3. The second kappa shape index (κ2) is 12.3. The molecule has 0 radical (unpaired) electrons. The second-order valence-electron chi connectivity index (χ2n) is 11.4. The summed E-state index contributed by atoms with van der Waals surface area (Å²) in [7, 11) is 3.49. The van der Waals surface area contributed by atoms with Crippen LogP contribution in [0.25, 0.3) is 36.5 Å². The van der Waals surface area contributed by atoms with Crippen molar-refractivity contribution < 1.29 is 23.0 Å². The van der Waals surface area contributed by atoms with E-state index in [1.54, 1.807) is 19.4 Å². The summed E-state index contributed by atoms with van der Waals surface area (Å²) in [4.78, 5) is 29.3. The van der Waals surface area contributed by atoms with Crippen LogP contribution < -0.4 is 9.47 Å². The monoisotopic (exact) mass is 680 g/mol. The van der Waals surface area contributed by atoms with Gasteiger partial charge in [0.2, 0.25) is 4.96 Å². The van der Waals surface area contributed by atoms with Crippen LogP contribution in [0.2, 0.25) is 0 Å². The molecule has 4 heterocycles. The number of alkyl halides is 2. The maximum Gasteiger partial charge on any atom is 0.298 e. The molecule has 46 heavy (non-hydrogen) atoms. The number of benzene rings is 2. The number of thiazole rings is 2. The zero-order valence-corrected chi connectivity index (χ0v) is 27.8. The Bertz CT molecular complexity index is 1990. The van der Waals surface area contributed by atoms with Crippen LogP contribution in [0.1, 0.15) is 60.1 Å². The third-order valence-corrected chi connectivity index (χ3v) is 11.2. The fraction of sp³-hybridized carbons (Fsp3) is 0.344. The number of halogens is 2. The molecule has 1 aliphatic carbocycles. The first-order valence-electron chi connectivity index (χ1n) is 14.8. The van der Waals surface area contributed by atoms with E-state index in [0.29, 0.717) is 44.3 Å². The third kappa shape index (κ3) is 6.08. The van der Waals surface area contributed by atoms with Crippen molar-refractivity contribution in [1.82, 2.24) is 29.5 Å². The van der Waals surface area contributed by atoms with E-state index < -0.39 is 5.92 Å². The molecule has 1 saturated carbocycles. The van der Waals surface area contributed by atoms with Crippen LogP contribution in [0.15, 0.2) is 48.0 Å². The molecule has 0 aliphatic heterocycles. The van der Waals surface area contributed by atoms with E-state index >= 15 is 0 Å². The molecule has 238 valence electrons. The number of ether oxygens (including phenoxy) is 2. The van der Waals surface area contributed by atoms with E-state index in [-0.39, 0.29) is 17.5 Å². The first-order chi connectivity index (χ1) is 22.2. The number of rotatable bonds is 9. The molecule has 1 aliphatic rings. The third-order valence-electron chi connectivity index (χ3n) is 8.05. The highest BCUT2D eigenvalue weighted by Gasteiger charge is 2.30. The molecular weight excluding hydrogens is 651 g/mol. The zero-order valence-electron chi connectivity index (χ0n) is 25.3. The first-order valence-corrected chi connectivity index (χ1v) is 17.4. The lowest BCUT2D eigenvalue weighted by Crippen LogP contribution is -2.38. The summed E-state index contributed by atoms with van der Waals surface area (Å²) < 4.78 is 41.3. The smallest absolute Gasteiger partial charge is 0.298 e. The summed E-state index contributed by atoms with van der Waals surface area (Å²) in [6, 6.07) is 11.6. The van der Waals surface area contributed by atoms with E-state index in [2.05, 4.69) is 10.1 Å². The van der Waals surface area contributed by atoms with Gasteiger partial charge in [0, 0.05) is 48.7 Å². The van der Waals surface area contributed by atoms with Crippen LogP contribution in [0, 0.1) is 0 Å². The Morgan fingerprint density at radius 1 is 1.07 bits per heavy atom. The van der Waals surface area contributed by atoms with Gasteiger partial charge < -0.3 is 14.4 Å². The highest BCUT2D eigenvalue weighted by atomic mass is 32.1. The lowest BCUT2D eigenvalue weighted by atomic mass is 9.94. The Hall–Kier alpha value is -4.01. The number of carbonyl (C=O) groups is 1. The van der Waals surface area contributed by atoms with Gasteiger partial charge in [0.25, 0.3) is 11.8 Å². The van der Waals surface area contributed by atoms with E-state index in [1.165, 1.54) is 46.5 Å². The predicted octanol–water partition coefficient (Wildman–Crippen LogP) is 8.30. The number of imidazole rings is 1. The van der Waals surface area contributed by atoms with E-state index in [1.807, 2.05) is 47.7 Å². The van der Waals surface area contributed by atoms with Gasteiger partial charge in [-0.15, -0.1) is 22.7 Å². The summed E-state index contributed by atoms with van der Waals surface area (Å²) in [5.74, 6) is -1.80. The molecule has 0 saturated heterocycles. The lowest BCUT2D eigenvalue weighted by Gasteiger charge is -2.31. The van der Waals surface area contributed by atoms with Crippen molar-refractivity contribution in [2.45, 2.75) is 57.6 Å². The normalized spacial score (nSPS) is 14.3. The summed E-state index contributed by atoms with van der Waals surface area (Å²) in [6.45, 7) is 1.05. The Morgan fingerprint density at radius 3 is 2.57 bits per heavy atom. The lowest BCUT2D eigenvalue weighted by molar-refractivity contribution is 0.0163. The van der Waals surface area contributed by atoms with Crippen molar-refractivity contribution >= 4 is 55.1 Å². The maximum absolute atomic E-state index is 13.7. The van der Waals surface area contributed by atoms with Crippen LogP contribution in [0.5, 0.6) is 11.5 Å². The average molecular weight is 681 g/mol. The van der Waals surface area contributed by atoms with Crippen LogP contribution in [-0.4, -0.2) is 55.6 Å².